The molecule has 3 aromatic rings. The Hall–Kier alpha value is -3.61. The van der Waals surface area contributed by atoms with Gasteiger partial charge >= 0.3 is 12.1 Å². The molecule has 2 atom stereocenters. The molecule has 3 nitrogen and oxygen atoms in total. The number of aromatic carboxylic acids is 1. The summed E-state index contributed by atoms with van der Waals surface area (Å²) < 4.78 is 59.6. The smallest absolute Gasteiger partial charge is 0.419 e. The molecule has 1 N–H and O–H groups in total. The molecule has 0 bridgehead atoms. The molecule has 1 saturated carbocycles. The highest BCUT2D eigenvalue weighted by molar-refractivity contribution is 6.00. The summed E-state index contributed by atoms with van der Waals surface area (Å²) in [6, 6.07) is 17.5. The molecule has 0 saturated heterocycles. The minimum atomic E-state index is -4.58. The molecule has 42 heavy (non-hydrogen) atoms. The van der Waals surface area contributed by atoms with Crippen LogP contribution in [0, 0.1) is 11.8 Å². The van der Waals surface area contributed by atoms with E-state index in [0.29, 0.717) is 43.1 Å². The number of allylic oxidation sites excluding steroid dienone is 1. The van der Waals surface area contributed by atoms with Gasteiger partial charge in [0, 0.05) is 0 Å². The average Bonchev–Trinajstić information content (AvgIpc) is 3.33. The van der Waals surface area contributed by atoms with Gasteiger partial charge in [-0.15, -0.1) is 0 Å². The zero-order valence-electron chi connectivity index (χ0n) is 23.8. The Balaban J connectivity index is 1.56. The maximum Gasteiger partial charge on any atom is 0.419 e. The molecule has 7 heteroatoms. The number of methoxy groups -OCH3 is 1. The molecule has 0 aromatic heterocycles. The van der Waals surface area contributed by atoms with Crippen molar-refractivity contribution in [2.24, 2.45) is 11.8 Å². The van der Waals surface area contributed by atoms with E-state index >= 15 is 0 Å². The van der Waals surface area contributed by atoms with Crippen LogP contribution in [0.15, 0.2) is 60.7 Å². The normalized spacial score (nSPS) is 19.0. The van der Waals surface area contributed by atoms with Gasteiger partial charge in [0.05, 0.1) is 24.9 Å². The van der Waals surface area contributed by atoms with E-state index in [9.17, 15) is 27.5 Å². The van der Waals surface area contributed by atoms with Gasteiger partial charge in [0.2, 0.25) is 0 Å². The second-order valence-corrected chi connectivity index (χ2v) is 11.6. The van der Waals surface area contributed by atoms with Crippen molar-refractivity contribution >= 4 is 17.1 Å². The number of aryl methyl sites for hydroxylation is 1. The number of hydrogen-bond donors (Lipinski definition) is 1. The standard InChI is InChI=1S/C35H36F4O3/c1-42-32-16-14-27(21-31(32)35(37,38)39)29-6-2-5-26-20-28(34(40)41)13-15-30(26)33(29)25-11-9-23(10-12-25)19-24-8-7-22(18-24)4-3-17-36/h9-16,20-22,24H,2-8,17-19H2,1H3,(H,40,41). The van der Waals surface area contributed by atoms with E-state index in [0.717, 1.165) is 59.9 Å². The first-order valence-corrected chi connectivity index (χ1v) is 14.7. The van der Waals surface area contributed by atoms with Gasteiger partial charge in [-0.25, -0.2) is 4.79 Å². The molecule has 0 spiro atoms. The Labute approximate surface area is 244 Å². The number of ether oxygens (including phenoxy) is 1. The molecule has 0 aliphatic heterocycles. The quantitative estimate of drug-likeness (QED) is 0.257. The molecule has 2 aliphatic rings. The van der Waals surface area contributed by atoms with Crippen molar-refractivity contribution in [2.45, 2.75) is 64.0 Å². The van der Waals surface area contributed by atoms with Crippen LogP contribution in [0.3, 0.4) is 0 Å². The van der Waals surface area contributed by atoms with Gasteiger partial charge in [0.1, 0.15) is 5.75 Å². The van der Waals surface area contributed by atoms with Crippen LogP contribution in [-0.4, -0.2) is 24.9 Å². The molecule has 0 amide bonds. The maximum atomic E-state index is 14.0. The topological polar surface area (TPSA) is 46.5 Å². The molecule has 2 unspecified atom stereocenters. The zero-order valence-corrected chi connectivity index (χ0v) is 23.8. The predicted octanol–water partition coefficient (Wildman–Crippen LogP) is 9.42. The average molecular weight is 581 g/mol. The fourth-order valence-corrected chi connectivity index (χ4v) is 6.79. The van der Waals surface area contributed by atoms with E-state index in [1.807, 2.05) is 12.1 Å². The number of rotatable bonds is 9. The van der Waals surface area contributed by atoms with Gasteiger partial charge in [-0.2, -0.15) is 13.2 Å². The van der Waals surface area contributed by atoms with Crippen molar-refractivity contribution < 1.29 is 32.2 Å². The van der Waals surface area contributed by atoms with E-state index < -0.39 is 17.7 Å². The number of alkyl halides is 4. The number of carboxylic acid groups (broad SMARTS) is 1. The van der Waals surface area contributed by atoms with Gasteiger partial charge in [0.15, 0.2) is 0 Å². The Kier molecular flexibility index (Phi) is 9.05. The Morgan fingerprint density at radius 2 is 1.69 bits per heavy atom. The third-order valence-electron chi connectivity index (χ3n) is 8.81. The maximum absolute atomic E-state index is 14.0. The third kappa shape index (κ3) is 6.55. The lowest BCUT2D eigenvalue weighted by Gasteiger charge is -2.19. The largest absolute Gasteiger partial charge is 0.496 e. The van der Waals surface area contributed by atoms with E-state index in [-0.39, 0.29) is 18.0 Å². The summed E-state index contributed by atoms with van der Waals surface area (Å²) in [4.78, 5) is 11.7. The van der Waals surface area contributed by atoms with E-state index in [1.54, 1.807) is 24.3 Å². The van der Waals surface area contributed by atoms with Crippen LogP contribution in [0.5, 0.6) is 5.75 Å². The minimum absolute atomic E-state index is 0.192. The molecule has 0 heterocycles. The van der Waals surface area contributed by atoms with Crippen LogP contribution < -0.4 is 4.74 Å². The summed E-state index contributed by atoms with van der Waals surface area (Å²) in [7, 11) is 1.23. The summed E-state index contributed by atoms with van der Waals surface area (Å²) in [6.45, 7) is -0.255. The number of hydrogen-bond acceptors (Lipinski definition) is 2. The molecule has 5 rings (SSSR count). The Morgan fingerprint density at radius 3 is 2.38 bits per heavy atom. The summed E-state index contributed by atoms with van der Waals surface area (Å²) in [5, 5.41) is 9.59. The summed E-state index contributed by atoms with van der Waals surface area (Å²) in [5.41, 5.74) is 5.28. The Morgan fingerprint density at radius 1 is 0.952 bits per heavy atom. The third-order valence-corrected chi connectivity index (χ3v) is 8.81. The van der Waals surface area contributed by atoms with Gasteiger partial charge in [-0.1, -0.05) is 42.8 Å². The first-order chi connectivity index (χ1) is 20.2. The van der Waals surface area contributed by atoms with Crippen molar-refractivity contribution in [3.63, 3.8) is 0 Å². The van der Waals surface area contributed by atoms with Gasteiger partial charge < -0.3 is 9.84 Å². The highest BCUT2D eigenvalue weighted by Gasteiger charge is 2.35. The lowest BCUT2D eigenvalue weighted by molar-refractivity contribution is -0.138. The van der Waals surface area contributed by atoms with Crippen molar-refractivity contribution in [2.75, 3.05) is 13.8 Å². The summed E-state index contributed by atoms with van der Waals surface area (Å²) >= 11 is 0. The van der Waals surface area contributed by atoms with Crippen molar-refractivity contribution in [3.8, 4) is 5.75 Å². The van der Waals surface area contributed by atoms with E-state index in [4.69, 9.17) is 4.74 Å². The number of benzene rings is 3. The lowest BCUT2D eigenvalue weighted by atomic mass is 9.86. The summed E-state index contributed by atoms with van der Waals surface area (Å²) in [6.07, 6.45) is 3.21. The van der Waals surface area contributed by atoms with Crippen molar-refractivity contribution in [1.82, 2.24) is 0 Å². The number of fused-ring (bicyclic) bond motifs is 1. The molecular formula is C35H36F4O3. The molecule has 1 fully saturated rings. The zero-order chi connectivity index (χ0) is 29.9. The Bertz CT molecular complexity index is 1460. The highest BCUT2D eigenvalue weighted by Crippen LogP contribution is 2.44. The molecule has 3 aromatic carbocycles. The van der Waals surface area contributed by atoms with Crippen molar-refractivity contribution in [3.05, 3.63) is 99.6 Å². The first-order valence-electron chi connectivity index (χ1n) is 14.7. The first kappa shape index (κ1) is 29.9. The van der Waals surface area contributed by atoms with Crippen LogP contribution in [0.1, 0.15) is 88.7 Å². The van der Waals surface area contributed by atoms with Crippen LogP contribution >= 0.6 is 0 Å². The second kappa shape index (κ2) is 12.7. The fraction of sp³-hybridized carbons (Fsp3) is 0.400. The number of halogens is 4. The fourth-order valence-electron chi connectivity index (χ4n) is 6.79. The molecule has 222 valence electrons. The highest BCUT2D eigenvalue weighted by atomic mass is 19.4. The number of carbonyl (C=O) groups is 1. The summed E-state index contributed by atoms with van der Waals surface area (Å²) in [5.74, 6) is -0.0666. The predicted molar refractivity (Wildman–Crippen MR) is 156 cm³/mol. The second-order valence-electron chi connectivity index (χ2n) is 11.6. The van der Waals surface area contributed by atoms with Crippen LogP contribution in [0.4, 0.5) is 17.6 Å². The monoisotopic (exact) mass is 580 g/mol. The van der Waals surface area contributed by atoms with E-state index in [1.165, 1.54) is 24.8 Å². The van der Waals surface area contributed by atoms with Gasteiger partial charge in [0.25, 0.3) is 0 Å². The molecule has 0 radical (unpaired) electrons. The van der Waals surface area contributed by atoms with Gasteiger partial charge in [-0.3, -0.25) is 4.39 Å². The van der Waals surface area contributed by atoms with E-state index in [2.05, 4.69) is 12.1 Å². The molecule has 2 aliphatic carbocycles. The van der Waals surface area contributed by atoms with Crippen LogP contribution in [0.2, 0.25) is 0 Å². The van der Waals surface area contributed by atoms with Crippen LogP contribution in [0.25, 0.3) is 11.1 Å². The lowest BCUT2D eigenvalue weighted by Crippen LogP contribution is -2.08. The van der Waals surface area contributed by atoms with Gasteiger partial charge in [-0.05, 0) is 126 Å². The minimum Gasteiger partial charge on any atom is -0.496 e. The van der Waals surface area contributed by atoms with Crippen molar-refractivity contribution in [1.29, 1.82) is 0 Å². The molecular weight excluding hydrogens is 544 g/mol. The van der Waals surface area contributed by atoms with Crippen LogP contribution in [-0.2, 0) is 19.0 Å². The SMILES string of the molecule is COc1ccc(C2=C(c3ccc(CC4CCC(CCCF)C4)cc3)c3ccc(C(=O)O)cc3CCC2)cc1C(F)(F)F. The number of carboxylic acids is 1.